The summed E-state index contributed by atoms with van der Waals surface area (Å²) in [5.41, 5.74) is 5.05. The summed E-state index contributed by atoms with van der Waals surface area (Å²) in [5, 5.41) is 3.27. The van der Waals surface area contributed by atoms with E-state index >= 15 is 0 Å². The van der Waals surface area contributed by atoms with Crippen LogP contribution in [0.25, 0.3) is 0 Å². The molecule has 0 spiro atoms. The summed E-state index contributed by atoms with van der Waals surface area (Å²) >= 11 is 0. The van der Waals surface area contributed by atoms with Gasteiger partial charge in [0.15, 0.2) is 0 Å². The molecule has 0 aliphatic carbocycles. The predicted octanol–water partition coefficient (Wildman–Crippen LogP) is -0.0643. The number of nitrogens with two attached hydrogens (primary N) is 1. The lowest BCUT2D eigenvalue weighted by atomic mass is 10.0. The van der Waals surface area contributed by atoms with Crippen LogP contribution >= 0.6 is 0 Å². The SMILES string of the molecule is CN1CCCCC1CNCCC(N)=O. The van der Waals surface area contributed by atoms with Crippen LogP contribution in [0.3, 0.4) is 0 Å². The Hall–Kier alpha value is -0.610. The molecule has 1 amide bonds. The van der Waals surface area contributed by atoms with Crippen molar-refractivity contribution in [3.63, 3.8) is 0 Å². The normalized spacial score (nSPS) is 23.6. The zero-order valence-electron chi connectivity index (χ0n) is 8.96. The number of likely N-dealkylation sites (tertiary alicyclic amines) is 1. The van der Waals surface area contributed by atoms with Gasteiger partial charge in [-0.25, -0.2) is 0 Å². The maximum atomic E-state index is 10.5. The van der Waals surface area contributed by atoms with Gasteiger partial charge in [0, 0.05) is 25.6 Å². The molecule has 0 radical (unpaired) electrons. The molecule has 4 heteroatoms. The smallest absolute Gasteiger partial charge is 0.218 e. The third-order valence-corrected chi connectivity index (χ3v) is 2.85. The lowest BCUT2D eigenvalue weighted by Gasteiger charge is -2.32. The molecular weight excluding hydrogens is 178 g/mol. The Labute approximate surface area is 85.8 Å². The Balaban J connectivity index is 2.07. The number of hydrogen-bond donors (Lipinski definition) is 2. The summed E-state index contributed by atoms with van der Waals surface area (Å²) in [6.45, 7) is 2.88. The van der Waals surface area contributed by atoms with E-state index in [1.165, 1.54) is 25.8 Å². The number of likely N-dealkylation sites (N-methyl/N-ethyl adjacent to an activating group) is 1. The molecule has 14 heavy (non-hydrogen) atoms. The quantitative estimate of drug-likeness (QED) is 0.610. The molecule has 3 N–H and O–H groups in total. The van der Waals surface area contributed by atoms with Gasteiger partial charge in [-0.15, -0.1) is 0 Å². The van der Waals surface area contributed by atoms with Crippen LogP contribution in [-0.4, -0.2) is 43.5 Å². The lowest BCUT2D eigenvalue weighted by molar-refractivity contribution is -0.117. The number of nitrogens with one attached hydrogen (secondary N) is 1. The number of piperidine rings is 1. The second kappa shape index (κ2) is 5.98. The van der Waals surface area contributed by atoms with Crippen LogP contribution in [0.1, 0.15) is 25.7 Å². The topological polar surface area (TPSA) is 58.4 Å². The van der Waals surface area contributed by atoms with Crippen molar-refractivity contribution in [3.05, 3.63) is 0 Å². The van der Waals surface area contributed by atoms with Crippen LogP contribution in [0.4, 0.5) is 0 Å². The van der Waals surface area contributed by atoms with Gasteiger partial charge in [-0.05, 0) is 26.4 Å². The van der Waals surface area contributed by atoms with E-state index in [0.29, 0.717) is 19.0 Å². The molecule has 1 saturated heterocycles. The van der Waals surface area contributed by atoms with Crippen molar-refractivity contribution in [3.8, 4) is 0 Å². The highest BCUT2D eigenvalue weighted by Crippen LogP contribution is 2.13. The van der Waals surface area contributed by atoms with Crippen molar-refractivity contribution in [1.29, 1.82) is 0 Å². The number of rotatable bonds is 5. The molecule has 82 valence electrons. The van der Waals surface area contributed by atoms with Crippen LogP contribution in [0.5, 0.6) is 0 Å². The Morgan fingerprint density at radius 2 is 2.36 bits per heavy atom. The van der Waals surface area contributed by atoms with Gasteiger partial charge < -0.3 is 16.0 Å². The molecule has 0 aromatic carbocycles. The fourth-order valence-electron chi connectivity index (χ4n) is 1.88. The Morgan fingerprint density at radius 1 is 1.57 bits per heavy atom. The third kappa shape index (κ3) is 4.07. The maximum Gasteiger partial charge on any atom is 0.218 e. The minimum absolute atomic E-state index is 0.227. The average molecular weight is 199 g/mol. The number of primary amides is 1. The minimum atomic E-state index is -0.227. The largest absolute Gasteiger partial charge is 0.370 e. The molecule has 1 fully saturated rings. The number of hydrogen-bond acceptors (Lipinski definition) is 3. The summed E-state index contributed by atoms with van der Waals surface area (Å²) < 4.78 is 0. The molecule has 1 heterocycles. The molecule has 1 atom stereocenters. The van der Waals surface area contributed by atoms with Gasteiger partial charge in [0.2, 0.25) is 5.91 Å². The number of amides is 1. The van der Waals surface area contributed by atoms with Gasteiger partial charge in [-0.2, -0.15) is 0 Å². The first kappa shape index (κ1) is 11.5. The first-order valence-electron chi connectivity index (χ1n) is 5.39. The maximum absolute atomic E-state index is 10.5. The molecule has 1 unspecified atom stereocenters. The lowest BCUT2D eigenvalue weighted by Crippen LogP contribution is -2.43. The van der Waals surface area contributed by atoms with E-state index in [9.17, 15) is 4.79 Å². The Kier molecular flexibility index (Phi) is 4.90. The molecule has 0 saturated carbocycles. The highest BCUT2D eigenvalue weighted by molar-refractivity contribution is 5.73. The zero-order chi connectivity index (χ0) is 10.4. The van der Waals surface area contributed by atoms with Crippen LogP contribution in [0, 0.1) is 0 Å². The van der Waals surface area contributed by atoms with E-state index < -0.39 is 0 Å². The van der Waals surface area contributed by atoms with Crippen LogP contribution in [0.2, 0.25) is 0 Å². The van der Waals surface area contributed by atoms with Gasteiger partial charge >= 0.3 is 0 Å². The van der Waals surface area contributed by atoms with E-state index in [-0.39, 0.29) is 5.91 Å². The van der Waals surface area contributed by atoms with Crippen molar-refractivity contribution in [2.24, 2.45) is 5.73 Å². The van der Waals surface area contributed by atoms with Crippen molar-refractivity contribution < 1.29 is 4.79 Å². The Morgan fingerprint density at radius 3 is 3.00 bits per heavy atom. The fraction of sp³-hybridized carbons (Fsp3) is 0.900. The van der Waals surface area contributed by atoms with Crippen molar-refractivity contribution in [2.45, 2.75) is 31.7 Å². The van der Waals surface area contributed by atoms with Crippen LogP contribution < -0.4 is 11.1 Å². The summed E-state index contributed by atoms with van der Waals surface area (Å²) in [6.07, 6.45) is 4.34. The molecule has 1 aliphatic heterocycles. The average Bonchev–Trinajstić information content (AvgIpc) is 2.15. The summed E-state index contributed by atoms with van der Waals surface area (Å²) in [7, 11) is 2.17. The van der Waals surface area contributed by atoms with E-state index in [1.54, 1.807) is 0 Å². The van der Waals surface area contributed by atoms with Crippen LogP contribution in [0.15, 0.2) is 0 Å². The third-order valence-electron chi connectivity index (χ3n) is 2.85. The predicted molar refractivity (Wildman–Crippen MR) is 57.0 cm³/mol. The van der Waals surface area contributed by atoms with E-state index in [1.807, 2.05) is 0 Å². The summed E-state index contributed by atoms with van der Waals surface area (Å²) in [4.78, 5) is 12.9. The van der Waals surface area contributed by atoms with Gasteiger partial charge in [0.05, 0.1) is 0 Å². The second-order valence-electron chi connectivity index (χ2n) is 4.05. The number of nitrogens with zero attached hydrogens (tertiary/aromatic N) is 1. The van der Waals surface area contributed by atoms with Crippen molar-refractivity contribution in [2.75, 3.05) is 26.7 Å². The van der Waals surface area contributed by atoms with E-state index in [4.69, 9.17) is 5.73 Å². The van der Waals surface area contributed by atoms with Gasteiger partial charge in [0.25, 0.3) is 0 Å². The monoisotopic (exact) mass is 199 g/mol. The standard InChI is InChI=1S/C10H21N3O/c1-13-7-3-2-4-9(13)8-12-6-5-10(11)14/h9,12H,2-8H2,1H3,(H2,11,14). The summed E-state index contributed by atoms with van der Waals surface area (Å²) in [5.74, 6) is -0.227. The minimum Gasteiger partial charge on any atom is -0.370 e. The zero-order valence-corrected chi connectivity index (χ0v) is 8.96. The number of carbonyl (C=O) groups is 1. The molecule has 0 aromatic rings. The first-order chi connectivity index (χ1) is 6.70. The van der Waals surface area contributed by atoms with E-state index in [0.717, 1.165) is 6.54 Å². The highest BCUT2D eigenvalue weighted by Gasteiger charge is 2.17. The van der Waals surface area contributed by atoms with Gasteiger partial charge in [-0.3, -0.25) is 4.79 Å². The van der Waals surface area contributed by atoms with Gasteiger partial charge in [-0.1, -0.05) is 6.42 Å². The first-order valence-corrected chi connectivity index (χ1v) is 5.39. The molecule has 0 bridgehead atoms. The molecular formula is C10H21N3O. The fourth-order valence-corrected chi connectivity index (χ4v) is 1.88. The van der Waals surface area contributed by atoms with Crippen molar-refractivity contribution >= 4 is 5.91 Å². The highest BCUT2D eigenvalue weighted by atomic mass is 16.1. The van der Waals surface area contributed by atoms with Crippen LogP contribution in [-0.2, 0) is 4.79 Å². The summed E-state index contributed by atoms with van der Waals surface area (Å²) in [6, 6.07) is 0.636. The van der Waals surface area contributed by atoms with E-state index in [2.05, 4.69) is 17.3 Å². The molecule has 1 aliphatic rings. The second-order valence-corrected chi connectivity index (χ2v) is 4.05. The number of carbonyl (C=O) groups excluding carboxylic acids is 1. The molecule has 0 aromatic heterocycles. The molecule has 1 rings (SSSR count). The van der Waals surface area contributed by atoms with Crippen molar-refractivity contribution in [1.82, 2.24) is 10.2 Å². The Bertz CT molecular complexity index is 184. The molecule has 4 nitrogen and oxygen atoms in total. The van der Waals surface area contributed by atoms with Gasteiger partial charge in [0.1, 0.15) is 0 Å².